The molecular formula is C25H25F5N4O3. The highest BCUT2D eigenvalue weighted by Crippen LogP contribution is 2.36. The highest BCUT2D eigenvalue weighted by Gasteiger charge is 2.36. The number of halogens is 5. The lowest BCUT2D eigenvalue weighted by molar-refractivity contribution is -0.137. The number of rotatable bonds is 5. The molecule has 1 aliphatic rings. The van der Waals surface area contributed by atoms with Crippen molar-refractivity contribution < 1.29 is 31.5 Å². The van der Waals surface area contributed by atoms with E-state index < -0.39 is 48.1 Å². The smallest absolute Gasteiger partial charge is 0.416 e. The van der Waals surface area contributed by atoms with Gasteiger partial charge in [-0.1, -0.05) is 12.1 Å². The van der Waals surface area contributed by atoms with E-state index in [0.29, 0.717) is 5.69 Å². The van der Waals surface area contributed by atoms with Crippen LogP contribution in [0.2, 0.25) is 0 Å². The minimum atomic E-state index is -4.74. The molecule has 2 heterocycles. The highest BCUT2D eigenvalue weighted by atomic mass is 19.4. The molecule has 0 radical (unpaired) electrons. The zero-order valence-electron chi connectivity index (χ0n) is 20.3. The number of hydrogen-bond donors (Lipinski definition) is 1. The van der Waals surface area contributed by atoms with Gasteiger partial charge in [0.15, 0.2) is 0 Å². The zero-order valence-corrected chi connectivity index (χ0v) is 20.3. The van der Waals surface area contributed by atoms with Crippen molar-refractivity contribution in [1.82, 2.24) is 9.55 Å². The van der Waals surface area contributed by atoms with E-state index in [0.717, 1.165) is 16.7 Å². The number of aromatic nitrogens is 2. The molecule has 0 bridgehead atoms. The third-order valence-corrected chi connectivity index (χ3v) is 6.46. The summed E-state index contributed by atoms with van der Waals surface area (Å²) in [6.07, 6.45) is -5.60. The number of alkyl halides is 5. The van der Waals surface area contributed by atoms with Gasteiger partial charge in [-0.15, -0.1) is 0 Å². The topological polar surface area (TPSA) is 76.5 Å². The summed E-state index contributed by atoms with van der Waals surface area (Å²) in [7, 11) is 2.56. The lowest BCUT2D eigenvalue weighted by Crippen LogP contribution is -2.42. The molecule has 7 nitrogen and oxygen atoms in total. The molecule has 3 aromatic rings. The normalized spacial score (nSPS) is 16.5. The minimum absolute atomic E-state index is 0.0129. The van der Waals surface area contributed by atoms with Gasteiger partial charge >= 0.3 is 12.1 Å². The number of para-hydroxylation sites is 1. The molecule has 0 aliphatic carbocycles. The molecule has 1 N–H and O–H groups in total. The van der Waals surface area contributed by atoms with E-state index in [1.165, 1.54) is 25.1 Å². The van der Waals surface area contributed by atoms with Gasteiger partial charge in [0, 0.05) is 44.2 Å². The predicted molar refractivity (Wildman–Crippen MR) is 128 cm³/mol. The highest BCUT2D eigenvalue weighted by molar-refractivity contribution is 5.95. The van der Waals surface area contributed by atoms with Crippen LogP contribution in [0.15, 0.2) is 41.2 Å². The molecule has 4 rings (SSSR count). The molecule has 198 valence electrons. The van der Waals surface area contributed by atoms with Crippen molar-refractivity contribution in [1.29, 1.82) is 0 Å². The molecule has 0 saturated carbocycles. The average Bonchev–Trinajstić information content (AvgIpc) is 2.85. The van der Waals surface area contributed by atoms with Crippen LogP contribution in [0.25, 0.3) is 10.9 Å². The van der Waals surface area contributed by atoms with Crippen LogP contribution >= 0.6 is 0 Å². The number of carbonyl (C=O) groups excluding carboxylic acids is 1. The van der Waals surface area contributed by atoms with E-state index in [9.17, 15) is 31.5 Å². The van der Waals surface area contributed by atoms with Gasteiger partial charge in [0.05, 0.1) is 35.2 Å². The lowest BCUT2D eigenvalue weighted by Gasteiger charge is -2.33. The number of carbonyl (C=O) groups is 1. The summed E-state index contributed by atoms with van der Waals surface area (Å²) in [6.45, 7) is 1.45. The number of esters is 1. The maximum Gasteiger partial charge on any atom is 0.416 e. The number of nitrogens with one attached hydrogen (secondary N) is 1. The number of anilines is 2. The Kier molecular flexibility index (Phi) is 6.87. The molecule has 1 aromatic heterocycles. The van der Waals surface area contributed by atoms with Gasteiger partial charge in [0.1, 0.15) is 0 Å². The lowest BCUT2D eigenvalue weighted by atomic mass is 9.99. The maximum atomic E-state index is 13.8. The van der Waals surface area contributed by atoms with E-state index in [2.05, 4.69) is 10.3 Å². The van der Waals surface area contributed by atoms with Crippen molar-refractivity contribution in [2.45, 2.75) is 37.9 Å². The monoisotopic (exact) mass is 524 g/mol. The number of fused-ring (bicyclic) bond motifs is 1. The van der Waals surface area contributed by atoms with Crippen molar-refractivity contribution in [3.05, 3.63) is 63.4 Å². The van der Waals surface area contributed by atoms with Crippen molar-refractivity contribution in [2.24, 2.45) is 7.05 Å². The second-order valence-electron chi connectivity index (χ2n) is 8.98. The molecule has 0 spiro atoms. The third kappa shape index (κ3) is 5.23. The van der Waals surface area contributed by atoms with Crippen LogP contribution in [-0.2, 0) is 18.0 Å². The van der Waals surface area contributed by atoms with E-state index in [-0.39, 0.29) is 41.1 Å². The van der Waals surface area contributed by atoms with E-state index in [1.807, 2.05) is 0 Å². The third-order valence-electron chi connectivity index (χ3n) is 6.46. The summed E-state index contributed by atoms with van der Waals surface area (Å²) in [5, 5.41) is 2.77. The maximum absolute atomic E-state index is 13.8. The first-order chi connectivity index (χ1) is 17.3. The van der Waals surface area contributed by atoms with Gasteiger partial charge in [-0.3, -0.25) is 9.36 Å². The summed E-state index contributed by atoms with van der Waals surface area (Å²) in [6, 6.07) is 7.14. The molecule has 37 heavy (non-hydrogen) atoms. The molecule has 1 aliphatic heterocycles. The number of nitrogens with zero attached hydrogens (tertiary/aromatic N) is 3. The number of benzene rings is 2. The largest absolute Gasteiger partial charge is 0.465 e. The van der Waals surface area contributed by atoms with Crippen molar-refractivity contribution in [2.75, 3.05) is 30.4 Å². The Labute approximate surface area is 208 Å². The fraction of sp³-hybridized carbons (Fsp3) is 0.400. The van der Waals surface area contributed by atoms with Crippen LogP contribution < -0.4 is 15.8 Å². The van der Waals surface area contributed by atoms with Crippen LogP contribution in [0.3, 0.4) is 0 Å². The standard InChI is InChI=1S/C25H25F5N4O3/c1-14(31-19-7-5-4-6-16(19)22(36)37-3)17-12-15(25(28,29)30)13-18-20(17)32-23(33(2)21(18)35)34-10-8-24(26,27)9-11-34/h4-7,12-14,31H,8-11H2,1-3H3/t14-/m1/s1. The van der Waals surface area contributed by atoms with Gasteiger partial charge in [-0.2, -0.15) is 13.2 Å². The van der Waals surface area contributed by atoms with E-state index in [1.54, 1.807) is 25.1 Å². The van der Waals surface area contributed by atoms with Crippen molar-refractivity contribution in [3.8, 4) is 0 Å². The molecule has 0 unspecified atom stereocenters. The summed E-state index contributed by atoms with van der Waals surface area (Å²) in [5.41, 5.74) is -1.20. The summed E-state index contributed by atoms with van der Waals surface area (Å²) in [4.78, 5) is 31.4. The molecule has 1 atom stereocenters. The Bertz CT molecular complexity index is 1390. The van der Waals surface area contributed by atoms with Gasteiger partial charge in [0.2, 0.25) is 5.95 Å². The fourth-order valence-electron chi connectivity index (χ4n) is 4.41. The minimum Gasteiger partial charge on any atom is -0.465 e. The fourth-order valence-corrected chi connectivity index (χ4v) is 4.41. The first-order valence-electron chi connectivity index (χ1n) is 11.5. The number of hydrogen-bond acceptors (Lipinski definition) is 6. The second-order valence-corrected chi connectivity index (χ2v) is 8.98. The first-order valence-corrected chi connectivity index (χ1v) is 11.5. The molecule has 0 amide bonds. The van der Waals surface area contributed by atoms with Crippen LogP contribution in [0.1, 0.15) is 47.3 Å². The second kappa shape index (κ2) is 9.64. The molecular weight excluding hydrogens is 499 g/mol. The van der Waals surface area contributed by atoms with E-state index >= 15 is 0 Å². The average molecular weight is 524 g/mol. The van der Waals surface area contributed by atoms with Crippen LogP contribution in [0.5, 0.6) is 0 Å². The Balaban J connectivity index is 1.87. The number of methoxy groups -OCH3 is 1. The van der Waals surface area contributed by atoms with Crippen LogP contribution in [-0.4, -0.2) is 41.6 Å². The SMILES string of the molecule is COC(=O)c1ccccc1N[C@H](C)c1cc(C(F)(F)F)cc2c(=O)n(C)c(N3CCC(F)(F)CC3)nc12. The Morgan fingerprint density at radius 2 is 1.81 bits per heavy atom. The van der Waals surface area contributed by atoms with Gasteiger partial charge < -0.3 is 15.0 Å². The van der Waals surface area contributed by atoms with Gasteiger partial charge in [-0.25, -0.2) is 18.6 Å². The number of piperidine rings is 1. The van der Waals surface area contributed by atoms with Crippen LogP contribution in [0.4, 0.5) is 33.6 Å². The Hall–Kier alpha value is -3.70. The van der Waals surface area contributed by atoms with Crippen molar-refractivity contribution >= 4 is 28.5 Å². The summed E-state index contributed by atoms with van der Waals surface area (Å²) >= 11 is 0. The van der Waals surface area contributed by atoms with E-state index in [4.69, 9.17) is 4.74 Å². The van der Waals surface area contributed by atoms with Gasteiger partial charge in [-0.05, 0) is 31.2 Å². The zero-order chi connectivity index (χ0) is 27.1. The summed E-state index contributed by atoms with van der Waals surface area (Å²) < 4.78 is 74.6. The molecule has 1 fully saturated rings. The molecule has 2 aromatic carbocycles. The molecule has 1 saturated heterocycles. The Morgan fingerprint density at radius 1 is 1.16 bits per heavy atom. The number of ether oxygens (including phenoxy) is 1. The predicted octanol–water partition coefficient (Wildman–Crippen LogP) is 5.15. The summed E-state index contributed by atoms with van der Waals surface area (Å²) in [5.74, 6) is -3.37. The first kappa shape index (κ1) is 26.4. The van der Waals surface area contributed by atoms with Gasteiger partial charge in [0.25, 0.3) is 11.5 Å². The van der Waals surface area contributed by atoms with Crippen LogP contribution in [0, 0.1) is 0 Å². The Morgan fingerprint density at radius 3 is 2.43 bits per heavy atom. The van der Waals surface area contributed by atoms with Crippen molar-refractivity contribution in [3.63, 3.8) is 0 Å². The quantitative estimate of drug-likeness (QED) is 0.368. The molecule has 12 heteroatoms.